The van der Waals surface area contributed by atoms with Crippen molar-refractivity contribution in [2.45, 2.75) is 39.2 Å². The van der Waals surface area contributed by atoms with E-state index in [1.165, 1.54) is 24.8 Å². The van der Waals surface area contributed by atoms with Gasteiger partial charge in [-0.2, -0.15) is 0 Å². The molecule has 0 saturated heterocycles. The van der Waals surface area contributed by atoms with Crippen LogP contribution in [0.1, 0.15) is 38.2 Å². The fourth-order valence-corrected chi connectivity index (χ4v) is 3.27. The lowest BCUT2D eigenvalue weighted by Gasteiger charge is -2.47. The molecule has 0 spiro atoms. The number of methoxy groups -OCH3 is 1. The van der Waals surface area contributed by atoms with Crippen LogP contribution in [0.2, 0.25) is 0 Å². The van der Waals surface area contributed by atoms with Gasteiger partial charge in [0.25, 0.3) is 0 Å². The van der Waals surface area contributed by atoms with Gasteiger partial charge in [0.15, 0.2) is 0 Å². The third-order valence-corrected chi connectivity index (χ3v) is 4.94. The second-order valence-corrected chi connectivity index (χ2v) is 6.04. The number of aliphatic hydroxyl groups excluding tert-OH is 1. The van der Waals surface area contributed by atoms with Gasteiger partial charge in [-0.05, 0) is 36.7 Å². The zero-order valence-corrected chi connectivity index (χ0v) is 12.7. The topological polar surface area (TPSA) is 41.5 Å². The molecule has 1 aromatic rings. The van der Waals surface area contributed by atoms with Gasteiger partial charge in [-0.25, -0.2) is 0 Å². The van der Waals surface area contributed by atoms with Crippen LogP contribution in [0.3, 0.4) is 0 Å². The highest BCUT2D eigenvalue weighted by Gasteiger charge is 2.40. The molecule has 1 aromatic carbocycles. The molecule has 1 fully saturated rings. The third kappa shape index (κ3) is 3.33. The summed E-state index contributed by atoms with van der Waals surface area (Å²) in [5.74, 6) is 1.54. The van der Waals surface area contributed by atoms with E-state index in [9.17, 15) is 0 Å². The molecule has 1 saturated carbocycles. The van der Waals surface area contributed by atoms with E-state index in [1.54, 1.807) is 7.11 Å². The maximum absolute atomic E-state index is 9.15. The lowest BCUT2D eigenvalue weighted by molar-refractivity contribution is 0.0426. The molecule has 1 aliphatic rings. The van der Waals surface area contributed by atoms with Crippen molar-refractivity contribution in [2.24, 2.45) is 11.3 Å². The molecule has 20 heavy (non-hydrogen) atoms. The van der Waals surface area contributed by atoms with Crippen molar-refractivity contribution in [1.29, 1.82) is 0 Å². The first-order chi connectivity index (χ1) is 9.72. The molecule has 1 unspecified atom stereocenters. The van der Waals surface area contributed by atoms with Gasteiger partial charge < -0.3 is 15.2 Å². The van der Waals surface area contributed by atoms with Gasteiger partial charge in [0.1, 0.15) is 5.75 Å². The van der Waals surface area contributed by atoms with Crippen molar-refractivity contribution in [3.8, 4) is 5.75 Å². The number of para-hydroxylation sites is 1. The van der Waals surface area contributed by atoms with Gasteiger partial charge in [0, 0.05) is 25.3 Å². The van der Waals surface area contributed by atoms with E-state index in [-0.39, 0.29) is 0 Å². The van der Waals surface area contributed by atoms with Gasteiger partial charge in [-0.15, -0.1) is 0 Å². The Morgan fingerprint density at radius 3 is 2.70 bits per heavy atom. The highest BCUT2D eigenvalue weighted by atomic mass is 16.5. The van der Waals surface area contributed by atoms with Crippen LogP contribution in [0.5, 0.6) is 5.75 Å². The van der Waals surface area contributed by atoms with Gasteiger partial charge >= 0.3 is 0 Å². The zero-order chi connectivity index (χ0) is 14.4. The number of nitrogens with one attached hydrogen (secondary N) is 1. The molecule has 3 nitrogen and oxygen atoms in total. The maximum Gasteiger partial charge on any atom is 0.123 e. The number of hydrogen-bond donors (Lipinski definition) is 2. The van der Waals surface area contributed by atoms with Crippen molar-refractivity contribution in [3.63, 3.8) is 0 Å². The molecule has 0 aromatic heterocycles. The van der Waals surface area contributed by atoms with Crippen LogP contribution < -0.4 is 10.1 Å². The molecule has 112 valence electrons. The first-order valence-corrected chi connectivity index (χ1v) is 7.65. The van der Waals surface area contributed by atoms with E-state index in [2.05, 4.69) is 18.3 Å². The number of benzene rings is 1. The molecule has 2 rings (SSSR count). The van der Waals surface area contributed by atoms with E-state index in [1.807, 2.05) is 18.2 Å². The summed E-state index contributed by atoms with van der Waals surface area (Å²) >= 11 is 0. The van der Waals surface area contributed by atoms with Crippen LogP contribution in [-0.2, 0) is 6.54 Å². The second kappa shape index (κ2) is 7.09. The predicted octanol–water partition coefficient (Wildman–Crippen LogP) is 2.97. The Labute approximate surface area is 122 Å². The van der Waals surface area contributed by atoms with Crippen molar-refractivity contribution in [3.05, 3.63) is 29.8 Å². The van der Waals surface area contributed by atoms with Gasteiger partial charge in [0.2, 0.25) is 0 Å². The number of aliphatic hydroxyl groups is 1. The molecule has 1 aliphatic carbocycles. The largest absolute Gasteiger partial charge is 0.496 e. The summed E-state index contributed by atoms with van der Waals surface area (Å²) in [6, 6.07) is 8.16. The highest BCUT2D eigenvalue weighted by Crippen LogP contribution is 2.47. The van der Waals surface area contributed by atoms with Crippen LogP contribution in [0.15, 0.2) is 24.3 Å². The Bertz CT molecular complexity index is 415. The van der Waals surface area contributed by atoms with Crippen LogP contribution in [0.4, 0.5) is 0 Å². The number of ether oxygens (including phenoxy) is 1. The van der Waals surface area contributed by atoms with E-state index in [0.717, 1.165) is 25.3 Å². The Hall–Kier alpha value is -1.06. The van der Waals surface area contributed by atoms with Gasteiger partial charge in [-0.1, -0.05) is 31.5 Å². The standard InChI is InChI=1S/C17H27NO2/c1-14(8-11-19)17(9-5-10-17)13-18-12-15-6-3-4-7-16(15)20-2/h3-4,6-7,14,18-19H,5,8-13H2,1-2H3. The summed E-state index contributed by atoms with van der Waals surface area (Å²) in [6.07, 6.45) is 4.81. The fraction of sp³-hybridized carbons (Fsp3) is 0.647. The molecule has 2 N–H and O–H groups in total. The summed E-state index contributed by atoms with van der Waals surface area (Å²) in [7, 11) is 1.72. The average Bonchev–Trinajstić information content (AvgIpc) is 2.42. The second-order valence-electron chi connectivity index (χ2n) is 6.04. The summed E-state index contributed by atoms with van der Waals surface area (Å²) in [4.78, 5) is 0. The SMILES string of the molecule is COc1ccccc1CNCC1(C(C)CCO)CCC1. The molecule has 1 atom stereocenters. The Kier molecular flexibility index (Phi) is 5.44. The summed E-state index contributed by atoms with van der Waals surface area (Å²) in [5, 5.41) is 12.8. The number of hydrogen-bond acceptors (Lipinski definition) is 3. The smallest absolute Gasteiger partial charge is 0.123 e. The lowest BCUT2D eigenvalue weighted by atomic mass is 9.60. The van der Waals surface area contributed by atoms with Crippen molar-refractivity contribution in [2.75, 3.05) is 20.3 Å². The molecule has 0 amide bonds. The zero-order valence-electron chi connectivity index (χ0n) is 12.7. The van der Waals surface area contributed by atoms with Crippen molar-refractivity contribution >= 4 is 0 Å². The van der Waals surface area contributed by atoms with Crippen molar-refractivity contribution < 1.29 is 9.84 Å². The van der Waals surface area contributed by atoms with Gasteiger partial charge in [0.05, 0.1) is 7.11 Å². The van der Waals surface area contributed by atoms with E-state index < -0.39 is 0 Å². The lowest BCUT2D eigenvalue weighted by Crippen LogP contribution is -2.44. The maximum atomic E-state index is 9.15. The third-order valence-electron chi connectivity index (χ3n) is 4.94. The first kappa shape index (κ1) is 15.3. The molecular formula is C17H27NO2. The normalized spacial score (nSPS) is 18.4. The van der Waals surface area contributed by atoms with E-state index >= 15 is 0 Å². The Morgan fingerprint density at radius 1 is 1.35 bits per heavy atom. The molecule has 0 radical (unpaired) electrons. The molecule has 3 heteroatoms. The monoisotopic (exact) mass is 277 g/mol. The average molecular weight is 277 g/mol. The predicted molar refractivity (Wildman–Crippen MR) is 81.9 cm³/mol. The first-order valence-electron chi connectivity index (χ1n) is 7.65. The van der Waals surface area contributed by atoms with Crippen LogP contribution >= 0.6 is 0 Å². The minimum absolute atomic E-state index is 0.301. The fourth-order valence-electron chi connectivity index (χ4n) is 3.27. The molecule has 0 heterocycles. The number of rotatable bonds is 8. The van der Waals surface area contributed by atoms with Crippen LogP contribution in [0.25, 0.3) is 0 Å². The van der Waals surface area contributed by atoms with Gasteiger partial charge in [-0.3, -0.25) is 0 Å². The quantitative estimate of drug-likeness (QED) is 0.767. The Balaban J connectivity index is 1.88. The van der Waals surface area contributed by atoms with Crippen LogP contribution in [-0.4, -0.2) is 25.4 Å². The summed E-state index contributed by atoms with van der Waals surface area (Å²) < 4.78 is 5.38. The highest BCUT2D eigenvalue weighted by molar-refractivity contribution is 5.32. The summed E-state index contributed by atoms with van der Waals surface area (Å²) in [5.41, 5.74) is 1.60. The summed E-state index contributed by atoms with van der Waals surface area (Å²) in [6.45, 7) is 4.46. The molecule has 0 aliphatic heterocycles. The van der Waals surface area contributed by atoms with Crippen molar-refractivity contribution in [1.82, 2.24) is 5.32 Å². The minimum Gasteiger partial charge on any atom is -0.496 e. The molecule has 0 bridgehead atoms. The minimum atomic E-state index is 0.301. The Morgan fingerprint density at radius 2 is 2.10 bits per heavy atom. The van der Waals surface area contributed by atoms with E-state index in [4.69, 9.17) is 9.84 Å². The molecular weight excluding hydrogens is 250 g/mol. The van der Waals surface area contributed by atoms with E-state index in [0.29, 0.717) is 17.9 Å². The van der Waals surface area contributed by atoms with Crippen LogP contribution in [0, 0.1) is 11.3 Å².